The zero-order valence-corrected chi connectivity index (χ0v) is 16.1. The number of hydrogen-bond acceptors (Lipinski definition) is 5. The molecule has 1 atom stereocenters. The van der Waals surface area contributed by atoms with E-state index >= 15 is 0 Å². The van der Waals surface area contributed by atoms with E-state index in [1.807, 2.05) is 24.3 Å². The molecule has 1 aromatic carbocycles. The SMILES string of the molecule is O=C(N[C@H]1CCOC2(CCOCC2)C1)c1ccc(CSc2ccccc2)o1. The lowest BCUT2D eigenvalue weighted by Gasteiger charge is -2.43. The van der Waals surface area contributed by atoms with Crippen LogP contribution >= 0.6 is 11.8 Å². The molecule has 1 aromatic heterocycles. The number of carbonyl (C=O) groups is 1. The van der Waals surface area contributed by atoms with Gasteiger partial charge in [-0.1, -0.05) is 18.2 Å². The monoisotopic (exact) mass is 387 g/mol. The van der Waals surface area contributed by atoms with E-state index in [0.717, 1.165) is 44.7 Å². The third-order valence-corrected chi connectivity index (χ3v) is 6.28. The molecule has 4 rings (SSSR count). The van der Waals surface area contributed by atoms with E-state index in [9.17, 15) is 4.79 Å². The highest BCUT2D eigenvalue weighted by Gasteiger charge is 2.39. The molecule has 0 saturated carbocycles. The molecule has 1 N–H and O–H groups in total. The lowest BCUT2D eigenvalue weighted by Crippen LogP contribution is -2.51. The van der Waals surface area contributed by atoms with Crippen molar-refractivity contribution in [3.05, 3.63) is 54.0 Å². The van der Waals surface area contributed by atoms with Gasteiger partial charge in [0.15, 0.2) is 5.76 Å². The van der Waals surface area contributed by atoms with Gasteiger partial charge in [-0.25, -0.2) is 0 Å². The lowest BCUT2D eigenvalue weighted by molar-refractivity contribution is -0.139. The number of benzene rings is 1. The van der Waals surface area contributed by atoms with Gasteiger partial charge in [-0.15, -0.1) is 11.8 Å². The van der Waals surface area contributed by atoms with Crippen LogP contribution in [0.2, 0.25) is 0 Å². The van der Waals surface area contributed by atoms with E-state index in [0.29, 0.717) is 18.1 Å². The molecule has 1 amide bonds. The zero-order valence-electron chi connectivity index (χ0n) is 15.3. The Hall–Kier alpha value is -1.76. The summed E-state index contributed by atoms with van der Waals surface area (Å²) in [5.41, 5.74) is -0.130. The van der Waals surface area contributed by atoms with Gasteiger partial charge in [-0.3, -0.25) is 4.79 Å². The number of hydrogen-bond donors (Lipinski definition) is 1. The molecule has 6 heteroatoms. The molecule has 0 unspecified atom stereocenters. The molecule has 0 aliphatic carbocycles. The van der Waals surface area contributed by atoms with Crippen LogP contribution in [0.15, 0.2) is 51.8 Å². The van der Waals surface area contributed by atoms with Gasteiger partial charge in [0.2, 0.25) is 0 Å². The number of nitrogens with one attached hydrogen (secondary N) is 1. The fraction of sp³-hybridized carbons (Fsp3) is 0.476. The van der Waals surface area contributed by atoms with Crippen LogP contribution in [0.1, 0.15) is 42.0 Å². The predicted molar refractivity (Wildman–Crippen MR) is 104 cm³/mol. The van der Waals surface area contributed by atoms with Gasteiger partial charge in [0.1, 0.15) is 5.76 Å². The average Bonchev–Trinajstić information content (AvgIpc) is 3.17. The van der Waals surface area contributed by atoms with Gasteiger partial charge in [-0.2, -0.15) is 0 Å². The molecular formula is C21H25NO4S. The maximum absolute atomic E-state index is 12.6. The van der Waals surface area contributed by atoms with Crippen LogP contribution < -0.4 is 5.32 Å². The fourth-order valence-corrected chi connectivity index (χ4v) is 4.56. The molecule has 2 fully saturated rings. The highest BCUT2D eigenvalue weighted by atomic mass is 32.2. The second-order valence-electron chi connectivity index (χ2n) is 7.17. The third kappa shape index (κ3) is 4.75. The van der Waals surface area contributed by atoms with Crippen LogP contribution in [0, 0.1) is 0 Å². The molecule has 27 heavy (non-hydrogen) atoms. The first-order chi connectivity index (χ1) is 13.2. The molecule has 1 spiro atoms. The lowest BCUT2D eigenvalue weighted by atomic mass is 9.84. The predicted octanol–water partition coefficient (Wildman–Crippen LogP) is 4.03. The van der Waals surface area contributed by atoms with Gasteiger partial charge in [0, 0.05) is 30.8 Å². The first-order valence-corrected chi connectivity index (χ1v) is 10.5. The molecule has 0 bridgehead atoms. The van der Waals surface area contributed by atoms with E-state index in [4.69, 9.17) is 13.9 Å². The summed E-state index contributed by atoms with van der Waals surface area (Å²) >= 11 is 1.70. The van der Waals surface area contributed by atoms with E-state index in [1.54, 1.807) is 17.8 Å². The van der Waals surface area contributed by atoms with Crippen molar-refractivity contribution < 1.29 is 18.7 Å². The van der Waals surface area contributed by atoms with E-state index < -0.39 is 0 Å². The number of rotatable bonds is 5. The minimum Gasteiger partial charge on any atom is -0.455 e. The molecule has 2 aliphatic heterocycles. The second kappa shape index (κ2) is 8.50. The van der Waals surface area contributed by atoms with E-state index in [2.05, 4.69) is 17.4 Å². The standard InChI is InChI=1S/C21H25NO4S/c23-20(22-16-8-11-25-21(14-16)9-12-24-13-10-21)19-7-6-17(26-19)15-27-18-4-2-1-3-5-18/h1-7,16H,8-15H2,(H,22,23)/t16-/m0/s1. The minimum absolute atomic E-state index is 0.122. The first kappa shape index (κ1) is 18.6. The Morgan fingerprint density at radius 3 is 2.74 bits per heavy atom. The molecule has 3 heterocycles. The molecule has 5 nitrogen and oxygen atoms in total. The first-order valence-electron chi connectivity index (χ1n) is 9.52. The fourth-order valence-electron chi connectivity index (χ4n) is 3.75. The molecule has 2 aliphatic rings. The topological polar surface area (TPSA) is 60.7 Å². The summed E-state index contributed by atoms with van der Waals surface area (Å²) in [6.45, 7) is 2.16. The van der Waals surface area contributed by atoms with Crippen molar-refractivity contribution in [2.75, 3.05) is 19.8 Å². The van der Waals surface area contributed by atoms with E-state index in [-0.39, 0.29) is 17.6 Å². The Morgan fingerprint density at radius 1 is 1.11 bits per heavy atom. The quantitative estimate of drug-likeness (QED) is 0.785. The van der Waals surface area contributed by atoms with Crippen LogP contribution in [-0.4, -0.2) is 37.4 Å². The summed E-state index contributed by atoms with van der Waals surface area (Å²) in [5.74, 6) is 1.76. The van der Waals surface area contributed by atoms with Crippen molar-refractivity contribution >= 4 is 17.7 Å². The molecule has 144 valence electrons. The van der Waals surface area contributed by atoms with Crippen molar-refractivity contribution in [1.82, 2.24) is 5.32 Å². The number of ether oxygens (including phenoxy) is 2. The average molecular weight is 388 g/mol. The number of carbonyl (C=O) groups excluding carboxylic acids is 1. The zero-order chi connectivity index (χ0) is 18.5. The maximum Gasteiger partial charge on any atom is 0.287 e. The number of amides is 1. The van der Waals surface area contributed by atoms with Crippen molar-refractivity contribution in [2.24, 2.45) is 0 Å². The summed E-state index contributed by atoms with van der Waals surface area (Å²) in [6.07, 6.45) is 3.49. The van der Waals surface area contributed by atoms with Crippen LogP contribution in [-0.2, 0) is 15.2 Å². The van der Waals surface area contributed by atoms with Crippen LogP contribution in [0.5, 0.6) is 0 Å². The highest BCUT2D eigenvalue weighted by Crippen LogP contribution is 2.34. The van der Waals surface area contributed by atoms with Gasteiger partial charge < -0.3 is 19.2 Å². The number of furan rings is 1. The van der Waals surface area contributed by atoms with Gasteiger partial charge in [-0.05, 0) is 49.9 Å². The molecule has 2 aromatic rings. The summed E-state index contributed by atoms with van der Waals surface area (Å²) in [6, 6.07) is 13.9. The summed E-state index contributed by atoms with van der Waals surface area (Å²) in [7, 11) is 0. The second-order valence-corrected chi connectivity index (χ2v) is 8.22. The Balaban J connectivity index is 1.31. The summed E-state index contributed by atoms with van der Waals surface area (Å²) in [5, 5.41) is 3.13. The highest BCUT2D eigenvalue weighted by molar-refractivity contribution is 7.98. The Bertz CT molecular complexity index is 749. The molecular weight excluding hydrogens is 362 g/mol. The Kier molecular flexibility index (Phi) is 5.86. The van der Waals surface area contributed by atoms with Gasteiger partial charge in [0.05, 0.1) is 11.4 Å². The number of thioether (sulfide) groups is 1. The van der Waals surface area contributed by atoms with Crippen LogP contribution in [0.4, 0.5) is 0 Å². The van der Waals surface area contributed by atoms with Gasteiger partial charge in [0.25, 0.3) is 5.91 Å². The van der Waals surface area contributed by atoms with Crippen molar-refractivity contribution in [3.8, 4) is 0 Å². The van der Waals surface area contributed by atoms with Gasteiger partial charge >= 0.3 is 0 Å². The Labute approximate surface area is 163 Å². The Morgan fingerprint density at radius 2 is 1.93 bits per heavy atom. The van der Waals surface area contributed by atoms with Crippen molar-refractivity contribution in [2.45, 2.75) is 48.0 Å². The third-order valence-electron chi connectivity index (χ3n) is 5.24. The molecule has 2 saturated heterocycles. The van der Waals surface area contributed by atoms with Crippen molar-refractivity contribution in [1.29, 1.82) is 0 Å². The maximum atomic E-state index is 12.6. The smallest absolute Gasteiger partial charge is 0.287 e. The minimum atomic E-state index is -0.139. The summed E-state index contributed by atoms with van der Waals surface area (Å²) in [4.78, 5) is 13.8. The normalized spacial score (nSPS) is 21.9. The van der Waals surface area contributed by atoms with Crippen molar-refractivity contribution in [3.63, 3.8) is 0 Å². The summed E-state index contributed by atoms with van der Waals surface area (Å²) < 4.78 is 17.3. The van der Waals surface area contributed by atoms with E-state index in [1.165, 1.54) is 4.90 Å². The van der Waals surface area contributed by atoms with Crippen LogP contribution in [0.3, 0.4) is 0 Å². The van der Waals surface area contributed by atoms with Crippen LogP contribution in [0.25, 0.3) is 0 Å². The molecule has 0 radical (unpaired) electrons. The largest absolute Gasteiger partial charge is 0.455 e.